The molecule has 0 bridgehead atoms. The Morgan fingerprint density at radius 1 is 1.18 bits per heavy atom. The second-order valence-electron chi connectivity index (χ2n) is 6.90. The molecule has 2 N–H and O–H groups in total. The molecule has 0 aliphatic carbocycles. The molecule has 2 rings (SSSR count). The van der Waals surface area contributed by atoms with E-state index in [-0.39, 0.29) is 17.4 Å². The molecule has 2 aromatic carbocycles. The highest BCUT2D eigenvalue weighted by Crippen LogP contribution is 2.26. The molecule has 2 aromatic rings. The summed E-state index contributed by atoms with van der Waals surface area (Å²) in [7, 11) is -2.46. The fraction of sp³-hybridized carbons (Fsp3) is 0.350. The van der Waals surface area contributed by atoms with Crippen LogP contribution in [0, 0.1) is 5.92 Å². The van der Waals surface area contributed by atoms with Crippen LogP contribution in [0.25, 0.3) is 0 Å². The van der Waals surface area contributed by atoms with Crippen LogP contribution in [0.4, 0.5) is 0 Å². The van der Waals surface area contributed by atoms with Crippen molar-refractivity contribution >= 4 is 27.5 Å². The van der Waals surface area contributed by atoms with Crippen LogP contribution in [0.1, 0.15) is 25.8 Å². The predicted molar refractivity (Wildman–Crippen MR) is 110 cm³/mol. The average Bonchev–Trinajstić information content (AvgIpc) is 2.64. The van der Waals surface area contributed by atoms with Crippen molar-refractivity contribution in [2.24, 2.45) is 11.7 Å². The zero-order valence-electron chi connectivity index (χ0n) is 16.1. The van der Waals surface area contributed by atoms with Crippen molar-refractivity contribution in [3.63, 3.8) is 0 Å². The van der Waals surface area contributed by atoms with Gasteiger partial charge in [-0.2, -0.15) is 4.31 Å². The van der Waals surface area contributed by atoms with E-state index in [2.05, 4.69) is 0 Å². The lowest BCUT2D eigenvalue weighted by molar-refractivity contribution is -0.122. The molecule has 1 atom stereocenters. The molecule has 0 saturated carbocycles. The lowest BCUT2D eigenvalue weighted by atomic mass is 10.0. The van der Waals surface area contributed by atoms with Crippen molar-refractivity contribution in [1.29, 1.82) is 0 Å². The molecular weight excluding hydrogens is 400 g/mol. The van der Waals surface area contributed by atoms with Gasteiger partial charge in [0.15, 0.2) is 0 Å². The van der Waals surface area contributed by atoms with E-state index in [9.17, 15) is 13.2 Å². The Kier molecular flexibility index (Phi) is 7.46. The SMILES string of the molecule is COc1cccc(CN([C@H](CC(C)C)C(N)=O)S(=O)(=O)c2ccc(Cl)cc2)c1. The minimum Gasteiger partial charge on any atom is -0.497 e. The molecule has 0 spiro atoms. The van der Waals surface area contributed by atoms with Crippen molar-refractivity contribution < 1.29 is 17.9 Å². The molecule has 1 amide bonds. The van der Waals surface area contributed by atoms with Gasteiger partial charge in [-0.05, 0) is 54.3 Å². The molecule has 0 aliphatic rings. The van der Waals surface area contributed by atoms with Crippen LogP contribution < -0.4 is 10.5 Å². The highest BCUT2D eigenvalue weighted by Gasteiger charge is 2.35. The van der Waals surface area contributed by atoms with Crippen LogP contribution in [0.3, 0.4) is 0 Å². The number of sulfonamides is 1. The standard InChI is InChI=1S/C20H25ClN2O4S/c1-14(2)11-19(20(22)24)23(13-15-5-4-6-17(12-15)27-3)28(25,26)18-9-7-16(21)8-10-18/h4-10,12,14,19H,11,13H2,1-3H3,(H2,22,24)/t19-/m1/s1. The summed E-state index contributed by atoms with van der Waals surface area (Å²) in [6.45, 7) is 3.81. The summed E-state index contributed by atoms with van der Waals surface area (Å²) in [5.74, 6) is -0.0133. The number of ether oxygens (including phenoxy) is 1. The van der Waals surface area contributed by atoms with E-state index in [1.54, 1.807) is 24.3 Å². The molecule has 6 nitrogen and oxygen atoms in total. The molecule has 0 radical (unpaired) electrons. The van der Waals surface area contributed by atoms with Gasteiger partial charge in [0.2, 0.25) is 15.9 Å². The number of benzene rings is 2. The van der Waals surface area contributed by atoms with Gasteiger partial charge in [-0.15, -0.1) is 0 Å². The molecule has 0 fully saturated rings. The van der Waals surface area contributed by atoms with Crippen LogP contribution in [0.15, 0.2) is 53.4 Å². The minimum atomic E-state index is -3.99. The molecule has 0 unspecified atom stereocenters. The van der Waals surface area contributed by atoms with Gasteiger partial charge < -0.3 is 10.5 Å². The number of halogens is 1. The number of amides is 1. The minimum absolute atomic E-state index is 0.0114. The highest BCUT2D eigenvalue weighted by atomic mass is 35.5. The first-order valence-corrected chi connectivity index (χ1v) is 10.7. The zero-order valence-corrected chi connectivity index (χ0v) is 17.7. The third-order valence-electron chi connectivity index (χ3n) is 4.26. The van der Waals surface area contributed by atoms with Crippen molar-refractivity contribution in [3.8, 4) is 5.75 Å². The van der Waals surface area contributed by atoms with E-state index >= 15 is 0 Å². The number of rotatable bonds is 9. The van der Waals surface area contributed by atoms with E-state index in [0.29, 0.717) is 22.8 Å². The Morgan fingerprint density at radius 3 is 2.36 bits per heavy atom. The molecular formula is C20H25ClN2O4S. The third kappa shape index (κ3) is 5.47. The summed E-state index contributed by atoms with van der Waals surface area (Å²) in [6, 6.07) is 11.9. The van der Waals surface area contributed by atoms with Gasteiger partial charge in [0.25, 0.3) is 0 Å². The van der Waals surface area contributed by atoms with E-state index < -0.39 is 22.0 Å². The average molecular weight is 425 g/mol. The summed E-state index contributed by atoms with van der Waals surface area (Å²) in [4.78, 5) is 12.2. The summed E-state index contributed by atoms with van der Waals surface area (Å²) >= 11 is 5.89. The van der Waals surface area contributed by atoms with Gasteiger partial charge >= 0.3 is 0 Å². The number of hydrogen-bond acceptors (Lipinski definition) is 4. The van der Waals surface area contributed by atoms with E-state index in [1.165, 1.54) is 31.4 Å². The molecule has 8 heteroatoms. The summed E-state index contributed by atoms with van der Waals surface area (Å²) in [6.07, 6.45) is 0.312. The number of hydrogen-bond donors (Lipinski definition) is 1. The molecule has 0 heterocycles. The maximum absolute atomic E-state index is 13.4. The summed E-state index contributed by atoms with van der Waals surface area (Å²) < 4.78 is 33.1. The normalized spacial score (nSPS) is 12.9. The lowest BCUT2D eigenvalue weighted by Crippen LogP contribution is -2.48. The topological polar surface area (TPSA) is 89.7 Å². The number of nitrogens with two attached hydrogens (primary N) is 1. The molecule has 152 valence electrons. The van der Waals surface area contributed by atoms with E-state index in [0.717, 1.165) is 4.31 Å². The molecule has 28 heavy (non-hydrogen) atoms. The Bertz CT molecular complexity index is 914. The van der Waals surface area contributed by atoms with Crippen LogP contribution in [0.2, 0.25) is 5.02 Å². The number of primary amides is 1. The predicted octanol–water partition coefficient (Wildman–Crippen LogP) is 3.44. The maximum Gasteiger partial charge on any atom is 0.244 e. The monoisotopic (exact) mass is 424 g/mol. The maximum atomic E-state index is 13.4. The Hall–Kier alpha value is -2.09. The third-order valence-corrected chi connectivity index (χ3v) is 6.38. The van der Waals surface area contributed by atoms with Gasteiger partial charge in [0.1, 0.15) is 11.8 Å². The first-order valence-electron chi connectivity index (χ1n) is 8.84. The largest absolute Gasteiger partial charge is 0.497 e. The summed E-state index contributed by atoms with van der Waals surface area (Å²) in [5.41, 5.74) is 6.29. The quantitative estimate of drug-likeness (QED) is 0.667. The van der Waals surface area contributed by atoms with Gasteiger partial charge in [0, 0.05) is 11.6 Å². The lowest BCUT2D eigenvalue weighted by Gasteiger charge is -2.30. The van der Waals surface area contributed by atoms with Gasteiger partial charge in [0.05, 0.1) is 12.0 Å². The van der Waals surface area contributed by atoms with Crippen molar-refractivity contribution in [2.45, 2.75) is 37.8 Å². The van der Waals surface area contributed by atoms with Gasteiger partial charge in [-0.1, -0.05) is 37.6 Å². The molecule has 0 aliphatic heterocycles. The fourth-order valence-electron chi connectivity index (χ4n) is 2.88. The van der Waals surface area contributed by atoms with Crippen LogP contribution in [-0.4, -0.2) is 31.8 Å². The van der Waals surface area contributed by atoms with E-state index in [4.69, 9.17) is 22.1 Å². The van der Waals surface area contributed by atoms with Gasteiger partial charge in [-0.3, -0.25) is 4.79 Å². The fourth-order valence-corrected chi connectivity index (χ4v) is 4.60. The number of nitrogens with zero attached hydrogens (tertiary/aromatic N) is 1. The number of carbonyl (C=O) groups excluding carboxylic acids is 1. The second-order valence-corrected chi connectivity index (χ2v) is 9.23. The smallest absolute Gasteiger partial charge is 0.244 e. The van der Waals surface area contributed by atoms with E-state index in [1.807, 2.05) is 13.8 Å². The highest BCUT2D eigenvalue weighted by molar-refractivity contribution is 7.89. The van der Waals surface area contributed by atoms with Crippen molar-refractivity contribution in [3.05, 3.63) is 59.1 Å². The van der Waals surface area contributed by atoms with Crippen molar-refractivity contribution in [1.82, 2.24) is 4.31 Å². The first kappa shape index (κ1) is 22.2. The Labute approximate surface area is 171 Å². The molecule has 0 saturated heterocycles. The van der Waals surface area contributed by atoms with Crippen LogP contribution >= 0.6 is 11.6 Å². The van der Waals surface area contributed by atoms with Crippen LogP contribution in [-0.2, 0) is 21.4 Å². The Balaban J connectivity index is 2.53. The zero-order chi connectivity index (χ0) is 20.9. The number of methoxy groups -OCH3 is 1. The van der Waals surface area contributed by atoms with Crippen LogP contribution in [0.5, 0.6) is 5.75 Å². The second kappa shape index (κ2) is 9.41. The van der Waals surface area contributed by atoms with Gasteiger partial charge in [-0.25, -0.2) is 8.42 Å². The Morgan fingerprint density at radius 2 is 1.82 bits per heavy atom. The van der Waals surface area contributed by atoms with Crippen molar-refractivity contribution in [2.75, 3.05) is 7.11 Å². The summed E-state index contributed by atoms with van der Waals surface area (Å²) in [5, 5.41) is 0.423. The first-order chi connectivity index (χ1) is 13.1. The number of carbonyl (C=O) groups is 1. The molecule has 0 aromatic heterocycles.